The minimum Gasteiger partial charge on any atom is -0.481 e. The molecule has 20 heavy (non-hydrogen) atoms. The fourth-order valence-electron chi connectivity index (χ4n) is 3.73. The highest BCUT2D eigenvalue weighted by Crippen LogP contribution is 2.41. The summed E-state index contributed by atoms with van der Waals surface area (Å²) < 4.78 is 0. The minimum absolute atomic E-state index is 0.188. The van der Waals surface area contributed by atoms with Gasteiger partial charge in [0.15, 0.2) is 0 Å². The third-order valence-electron chi connectivity index (χ3n) is 4.42. The van der Waals surface area contributed by atoms with E-state index in [0.29, 0.717) is 0 Å². The summed E-state index contributed by atoms with van der Waals surface area (Å²) in [5, 5.41) is 11.0. The Labute approximate surface area is 117 Å². The average Bonchev–Trinajstić information content (AvgIpc) is 2.58. The van der Waals surface area contributed by atoms with Crippen molar-refractivity contribution in [2.45, 2.75) is 57.2 Å². The number of piperidine rings is 1. The number of carboxylic acid groups (broad SMARTS) is 1. The first kappa shape index (κ1) is 14.8. The van der Waals surface area contributed by atoms with E-state index < -0.39 is 18.0 Å². The SMILES string of the molecule is CC(C(=O)NC(N)=O)N1C2CCC1CC(CC(=O)O)C2. The maximum absolute atomic E-state index is 11.9. The minimum atomic E-state index is -0.838. The van der Waals surface area contributed by atoms with Crippen LogP contribution < -0.4 is 11.1 Å². The van der Waals surface area contributed by atoms with Gasteiger partial charge in [0, 0.05) is 18.5 Å². The molecule has 7 nitrogen and oxygen atoms in total. The van der Waals surface area contributed by atoms with E-state index in [1.807, 2.05) is 0 Å². The van der Waals surface area contributed by atoms with Crippen LogP contribution in [-0.4, -0.2) is 46.0 Å². The van der Waals surface area contributed by atoms with Gasteiger partial charge in [0.2, 0.25) is 5.91 Å². The van der Waals surface area contributed by atoms with Crippen LogP contribution in [0.2, 0.25) is 0 Å². The number of nitrogens with two attached hydrogens (primary N) is 1. The van der Waals surface area contributed by atoms with Gasteiger partial charge in [0.1, 0.15) is 0 Å². The molecular weight excluding hydrogens is 262 g/mol. The number of fused-ring (bicyclic) bond motifs is 2. The molecule has 7 heteroatoms. The lowest BCUT2D eigenvalue weighted by Crippen LogP contribution is -2.55. The molecule has 2 aliphatic rings. The Morgan fingerprint density at radius 3 is 2.30 bits per heavy atom. The van der Waals surface area contributed by atoms with Crippen LogP contribution in [0.4, 0.5) is 4.79 Å². The van der Waals surface area contributed by atoms with Crippen LogP contribution >= 0.6 is 0 Å². The van der Waals surface area contributed by atoms with Gasteiger partial charge in [-0.15, -0.1) is 0 Å². The van der Waals surface area contributed by atoms with Crippen LogP contribution in [0.1, 0.15) is 39.0 Å². The Bertz CT molecular complexity index is 412. The Hall–Kier alpha value is -1.63. The average molecular weight is 283 g/mol. The van der Waals surface area contributed by atoms with E-state index in [-0.39, 0.29) is 30.3 Å². The summed E-state index contributed by atoms with van der Waals surface area (Å²) in [7, 11) is 0. The summed E-state index contributed by atoms with van der Waals surface area (Å²) in [6, 6.07) is -0.792. The summed E-state index contributed by atoms with van der Waals surface area (Å²) in [6.07, 6.45) is 3.76. The third kappa shape index (κ3) is 3.09. The van der Waals surface area contributed by atoms with Crippen LogP contribution in [-0.2, 0) is 9.59 Å². The number of amides is 3. The van der Waals surface area contributed by atoms with Crippen molar-refractivity contribution in [1.82, 2.24) is 10.2 Å². The second-order valence-electron chi connectivity index (χ2n) is 5.80. The molecule has 3 atom stereocenters. The van der Waals surface area contributed by atoms with Crippen molar-refractivity contribution in [1.29, 1.82) is 0 Å². The van der Waals surface area contributed by atoms with Gasteiger partial charge in [-0.25, -0.2) is 4.79 Å². The first-order valence-corrected chi connectivity index (χ1v) is 6.98. The Morgan fingerprint density at radius 1 is 1.30 bits per heavy atom. The number of nitrogens with zero attached hydrogens (tertiary/aromatic N) is 1. The van der Waals surface area contributed by atoms with Gasteiger partial charge in [-0.2, -0.15) is 0 Å². The second-order valence-corrected chi connectivity index (χ2v) is 5.80. The molecule has 112 valence electrons. The van der Waals surface area contributed by atoms with Gasteiger partial charge in [-0.05, 0) is 38.5 Å². The molecule has 2 heterocycles. The van der Waals surface area contributed by atoms with E-state index in [1.54, 1.807) is 6.92 Å². The number of rotatable bonds is 4. The number of urea groups is 1. The second kappa shape index (κ2) is 5.78. The molecule has 4 N–H and O–H groups in total. The molecule has 0 aromatic heterocycles. The monoisotopic (exact) mass is 283 g/mol. The lowest BCUT2D eigenvalue weighted by molar-refractivity contribution is -0.139. The van der Waals surface area contributed by atoms with Crippen molar-refractivity contribution < 1.29 is 19.5 Å². The number of carbonyl (C=O) groups excluding carboxylic acids is 2. The van der Waals surface area contributed by atoms with Gasteiger partial charge in [0.25, 0.3) is 0 Å². The number of carbonyl (C=O) groups is 3. The van der Waals surface area contributed by atoms with Crippen LogP contribution in [0.15, 0.2) is 0 Å². The molecule has 0 aliphatic carbocycles. The smallest absolute Gasteiger partial charge is 0.318 e. The standard InChI is InChI=1S/C13H21N3O4/c1-7(12(19)15-13(14)20)16-9-2-3-10(16)5-8(4-9)6-11(17)18/h7-10H,2-6H2,1H3,(H,17,18)(H3,14,15,19,20). The third-order valence-corrected chi connectivity index (χ3v) is 4.42. The summed E-state index contributed by atoms with van der Waals surface area (Å²) in [4.78, 5) is 35.6. The summed E-state index contributed by atoms with van der Waals surface area (Å²) >= 11 is 0. The maximum Gasteiger partial charge on any atom is 0.318 e. The highest BCUT2D eigenvalue weighted by atomic mass is 16.4. The normalized spacial score (nSPS) is 30.8. The number of hydrogen-bond acceptors (Lipinski definition) is 4. The van der Waals surface area contributed by atoms with Crippen LogP contribution in [0.3, 0.4) is 0 Å². The first-order chi connectivity index (χ1) is 9.38. The molecule has 2 bridgehead atoms. The van der Waals surface area contributed by atoms with Crippen LogP contribution in [0.25, 0.3) is 0 Å². The zero-order valence-electron chi connectivity index (χ0n) is 11.5. The number of nitrogens with one attached hydrogen (secondary N) is 1. The van der Waals surface area contributed by atoms with Crippen LogP contribution in [0.5, 0.6) is 0 Å². The Kier molecular flexibility index (Phi) is 4.27. The number of carboxylic acids is 1. The van der Waals surface area contributed by atoms with Crippen LogP contribution in [0, 0.1) is 5.92 Å². The molecule has 2 rings (SSSR count). The highest BCUT2D eigenvalue weighted by molar-refractivity contribution is 5.96. The van der Waals surface area contributed by atoms with Crippen molar-refractivity contribution in [2.24, 2.45) is 11.7 Å². The molecule has 2 aliphatic heterocycles. The molecule has 3 unspecified atom stereocenters. The van der Waals surface area contributed by atoms with Crippen molar-refractivity contribution in [2.75, 3.05) is 0 Å². The van der Waals surface area contributed by atoms with Gasteiger partial charge >= 0.3 is 12.0 Å². The number of imide groups is 1. The molecule has 0 spiro atoms. The van der Waals surface area contributed by atoms with E-state index >= 15 is 0 Å². The highest BCUT2D eigenvalue weighted by Gasteiger charge is 2.44. The largest absolute Gasteiger partial charge is 0.481 e. The fraction of sp³-hybridized carbons (Fsp3) is 0.769. The van der Waals surface area contributed by atoms with E-state index in [0.717, 1.165) is 25.7 Å². The van der Waals surface area contributed by atoms with Gasteiger partial charge < -0.3 is 10.8 Å². The maximum atomic E-state index is 11.9. The molecular formula is C13H21N3O4. The predicted octanol–water partition coefficient (Wildman–Crippen LogP) is 0.288. The fourth-order valence-corrected chi connectivity index (χ4v) is 3.73. The Morgan fingerprint density at radius 2 is 1.85 bits per heavy atom. The number of aliphatic carboxylic acids is 1. The lowest BCUT2D eigenvalue weighted by Gasteiger charge is -2.41. The summed E-state index contributed by atoms with van der Waals surface area (Å²) in [5.74, 6) is -0.957. The van der Waals surface area contributed by atoms with E-state index in [2.05, 4.69) is 10.2 Å². The number of hydrogen-bond donors (Lipinski definition) is 3. The molecule has 0 radical (unpaired) electrons. The number of primary amides is 1. The summed E-state index contributed by atoms with van der Waals surface area (Å²) in [5.41, 5.74) is 4.97. The van der Waals surface area contributed by atoms with Crippen molar-refractivity contribution in [3.63, 3.8) is 0 Å². The van der Waals surface area contributed by atoms with Gasteiger partial charge in [0.05, 0.1) is 6.04 Å². The molecule has 2 saturated heterocycles. The predicted molar refractivity (Wildman–Crippen MR) is 70.8 cm³/mol. The molecule has 0 aromatic carbocycles. The Balaban J connectivity index is 2.00. The van der Waals surface area contributed by atoms with Gasteiger partial charge in [-0.1, -0.05) is 0 Å². The van der Waals surface area contributed by atoms with Crippen molar-refractivity contribution in [3.05, 3.63) is 0 Å². The van der Waals surface area contributed by atoms with E-state index in [1.165, 1.54) is 0 Å². The van der Waals surface area contributed by atoms with Crippen molar-refractivity contribution in [3.8, 4) is 0 Å². The molecule has 0 aromatic rings. The topological polar surface area (TPSA) is 113 Å². The van der Waals surface area contributed by atoms with Gasteiger partial charge in [-0.3, -0.25) is 19.8 Å². The lowest BCUT2D eigenvalue weighted by atomic mass is 9.87. The van der Waals surface area contributed by atoms with E-state index in [9.17, 15) is 14.4 Å². The zero-order chi connectivity index (χ0) is 14.9. The molecule has 0 saturated carbocycles. The van der Waals surface area contributed by atoms with Crippen molar-refractivity contribution >= 4 is 17.9 Å². The first-order valence-electron chi connectivity index (χ1n) is 6.98. The molecule has 2 fully saturated rings. The molecule has 3 amide bonds. The van der Waals surface area contributed by atoms with E-state index in [4.69, 9.17) is 10.8 Å². The summed E-state index contributed by atoms with van der Waals surface area (Å²) in [6.45, 7) is 1.76. The quantitative estimate of drug-likeness (QED) is 0.686. The zero-order valence-corrected chi connectivity index (χ0v) is 11.5.